The molecular formula is C21H27N3O2. The summed E-state index contributed by atoms with van der Waals surface area (Å²) in [7, 11) is 0. The Morgan fingerprint density at radius 1 is 1.08 bits per heavy atom. The van der Waals surface area contributed by atoms with E-state index < -0.39 is 5.41 Å². The van der Waals surface area contributed by atoms with Crippen molar-refractivity contribution in [2.75, 3.05) is 0 Å². The van der Waals surface area contributed by atoms with Crippen LogP contribution in [0.5, 0.6) is 0 Å². The molecule has 2 amide bonds. The van der Waals surface area contributed by atoms with E-state index >= 15 is 0 Å². The summed E-state index contributed by atoms with van der Waals surface area (Å²) in [6.45, 7) is 8.05. The average Bonchev–Trinajstić information content (AvgIpc) is 2.65. The van der Waals surface area contributed by atoms with Crippen LogP contribution in [0.2, 0.25) is 0 Å². The third kappa shape index (κ3) is 4.91. The quantitative estimate of drug-likeness (QED) is 0.778. The van der Waals surface area contributed by atoms with Crippen molar-refractivity contribution < 1.29 is 9.59 Å². The predicted octanol–water partition coefficient (Wildman–Crippen LogP) is 3.16. The van der Waals surface area contributed by atoms with Crippen LogP contribution < -0.4 is 5.32 Å². The first kappa shape index (κ1) is 19.6. The molecule has 0 saturated carbocycles. The average molecular weight is 353 g/mol. The highest BCUT2D eigenvalue weighted by Gasteiger charge is 2.39. The first-order valence-electron chi connectivity index (χ1n) is 8.85. The molecule has 2 rings (SSSR count). The van der Waals surface area contributed by atoms with Crippen molar-refractivity contribution in [3.05, 3.63) is 66.0 Å². The van der Waals surface area contributed by atoms with Crippen molar-refractivity contribution in [3.63, 3.8) is 0 Å². The minimum Gasteiger partial charge on any atom is -0.350 e. The summed E-state index contributed by atoms with van der Waals surface area (Å²) in [5.41, 5.74) is 0.640. The van der Waals surface area contributed by atoms with Gasteiger partial charge in [0.1, 0.15) is 5.41 Å². The lowest BCUT2D eigenvalue weighted by molar-refractivity contribution is -0.150. The summed E-state index contributed by atoms with van der Waals surface area (Å²) >= 11 is 0. The van der Waals surface area contributed by atoms with Crippen LogP contribution in [0.25, 0.3) is 0 Å². The molecule has 0 spiro atoms. The number of carbonyl (C=O) groups excluding carboxylic acids is 2. The summed E-state index contributed by atoms with van der Waals surface area (Å²) in [6.07, 6.45) is 1.68. The van der Waals surface area contributed by atoms with E-state index in [0.717, 1.165) is 11.3 Å². The Morgan fingerprint density at radius 3 is 2.31 bits per heavy atom. The van der Waals surface area contributed by atoms with E-state index in [9.17, 15) is 9.59 Å². The highest BCUT2D eigenvalue weighted by Crippen LogP contribution is 2.23. The summed E-state index contributed by atoms with van der Waals surface area (Å²) in [4.78, 5) is 31.7. The first-order chi connectivity index (χ1) is 12.3. The van der Waals surface area contributed by atoms with Crippen molar-refractivity contribution in [3.8, 4) is 0 Å². The third-order valence-electron chi connectivity index (χ3n) is 4.34. The molecule has 5 heteroatoms. The number of nitrogens with zero attached hydrogens (tertiary/aromatic N) is 2. The van der Waals surface area contributed by atoms with Crippen LogP contribution in [0.15, 0.2) is 54.7 Å². The molecule has 138 valence electrons. The monoisotopic (exact) mass is 353 g/mol. The fourth-order valence-corrected chi connectivity index (χ4v) is 2.62. The molecule has 0 unspecified atom stereocenters. The maximum atomic E-state index is 13.1. The molecule has 1 heterocycles. The van der Waals surface area contributed by atoms with E-state index in [1.807, 2.05) is 62.4 Å². The Hall–Kier alpha value is -2.69. The molecule has 1 aromatic heterocycles. The van der Waals surface area contributed by atoms with Gasteiger partial charge in [-0.05, 0) is 45.4 Å². The molecule has 1 N–H and O–H groups in total. The maximum absolute atomic E-state index is 13.1. The van der Waals surface area contributed by atoms with Crippen molar-refractivity contribution in [2.24, 2.45) is 5.41 Å². The first-order valence-corrected chi connectivity index (χ1v) is 8.85. The zero-order chi connectivity index (χ0) is 19.2. The van der Waals surface area contributed by atoms with Gasteiger partial charge in [0.15, 0.2) is 0 Å². The largest absolute Gasteiger partial charge is 0.350 e. The maximum Gasteiger partial charge on any atom is 0.238 e. The number of carbonyl (C=O) groups is 2. The van der Waals surface area contributed by atoms with E-state index in [1.54, 1.807) is 24.9 Å². The van der Waals surface area contributed by atoms with E-state index in [4.69, 9.17) is 0 Å². The van der Waals surface area contributed by atoms with Gasteiger partial charge in [0, 0.05) is 18.8 Å². The lowest BCUT2D eigenvalue weighted by atomic mass is 9.89. The van der Waals surface area contributed by atoms with Crippen LogP contribution in [-0.4, -0.2) is 27.7 Å². The minimum absolute atomic E-state index is 0.00873. The SMILES string of the molecule is CC(C)N(Cc1ccccc1)C(=O)C(C)(C)C(=O)NCc1ccccn1. The Labute approximate surface area is 155 Å². The van der Waals surface area contributed by atoms with Gasteiger partial charge in [0.25, 0.3) is 0 Å². The molecular weight excluding hydrogens is 326 g/mol. The number of rotatable bonds is 7. The van der Waals surface area contributed by atoms with Crippen LogP contribution in [0.3, 0.4) is 0 Å². The Bertz CT molecular complexity index is 727. The van der Waals surface area contributed by atoms with Crippen LogP contribution in [0.4, 0.5) is 0 Å². The van der Waals surface area contributed by atoms with Gasteiger partial charge in [-0.2, -0.15) is 0 Å². The van der Waals surface area contributed by atoms with E-state index in [2.05, 4.69) is 10.3 Å². The number of benzene rings is 1. The molecule has 0 saturated heterocycles. The molecule has 2 aromatic rings. The molecule has 5 nitrogen and oxygen atoms in total. The van der Waals surface area contributed by atoms with Gasteiger partial charge in [-0.3, -0.25) is 14.6 Å². The van der Waals surface area contributed by atoms with Crippen molar-refractivity contribution in [1.82, 2.24) is 15.2 Å². The minimum atomic E-state index is -1.16. The Morgan fingerprint density at radius 2 is 1.73 bits per heavy atom. The molecule has 0 bridgehead atoms. The van der Waals surface area contributed by atoms with Gasteiger partial charge >= 0.3 is 0 Å². The zero-order valence-corrected chi connectivity index (χ0v) is 15.9. The van der Waals surface area contributed by atoms with Crippen molar-refractivity contribution >= 4 is 11.8 Å². The zero-order valence-electron chi connectivity index (χ0n) is 15.9. The highest BCUT2D eigenvalue weighted by atomic mass is 16.2. The second kappa shape index (κ2) is 8.61. The van der Waals surface area contributed by atoms with Crippen LogP contribution >= 0.6 is 0 Å². The number of pyridine rings is 1. The lowest BCUT2D eigenvalue weighted by Gasteiger charge is -2.34. The standard InChI is InChI=1S/C21H27N3O2/c1-16(2)24(15-17-10-6-5-7-11-17)20(26)21(3,4)19(25)23-14-18-12-8-9-13-22-18/h5-13,16H,14-15H2,1-4H3,(H,23,25). The van der Waals surface area contributed by atoms with Crippen molar-refractivity contribution in [1.29, 1.82) is 0 Å². The van der Waals surface area contributed by atoms with E-state index in [0.29, 0.717) is 13.1 Å². The van der Waals surface area contributed by atoms with Crippen LogP contribution in [0, 0.1) is 5.41 Å². The topological polar surface area (TPSA) is 62.3 Å². The van der Waals surface area contributed by atoms with E-state index in [1.165, 1.54) is 0 Å². The number of amides is 2. The van der Waals surface area contributed by atoms with Gasteiger partial charge in [-0.25, -0.2) is 0 Å². The fraction of sp³-hybridized carbons (Fsp3) is 0.381. The molecule has 0 radical (unpaired) electrons. The van der Waals surface area contributed by atoms with Gasteiger partial charge in [-0.15, -0.1) is 0 Å². The number of hydrogen-bond donors (Lipinski definition) is 1. The third-order valence-corrected chi connectivity index (χ3v) is 4.34. The highest BCUT2D eigenvalue weighted by molar-refractivity contribution is 6.04. The number of nitrogens with one attached hydrogen (secondary N) is 1. The molecule has 0 aliphatic heterocycles. The predicted molar refractivity (Wildman–Crippen MR) is 102 cm³/mol. The molecule has 0 aliphatic carbocycles. The molecule has 0 atom stereocenters. The fourth-order valence-electron chi connectivity index (χ4n) is 2.62. The van der Waals surface area contributed by atoms with Gasteiger partial charge < -0.3 is 10.2 Å². The van der Waals surface area contributed by atoms with Crippen molar-refractivity contribution in [2.45, 2.75) is 46.8 Å². The molecule has 26 heavy (non-hydrogen) atoms. The van der Waals surface area contributed by atoms with E-state index in [-0.39, 0.29) is 17.9 Å². The van der Waals surface area contributed by atoms with Crippen LogP contribution in [0.1, 0.15) is 39.0 Å². The summed E-state index contributed by atoms with van der Waals surface area (Å²) in [5.74, 6) is -0.485. The second-order valence-electron chi connectivity index (χ2n) is 7.14. The van der Waals surface area contributed by atoms with Gasteiger partial charge in [0.2, 0.25) is 11.8 Å². The Kier molecular flexibility index (Phi) is 6.50. The Balaban J connectivity index is 2.08. The number of aromatic nitrogens is 1. The number of hydrogen-bond acceptors (Lipinski definition) is 3. The summed E-state index contributed by atoms with van der Waals surface area (Å²) < 4.78 is 0. The smallest absolute Gasteiger partial charge is 0.238 e. The normalized spacial score (nSPS) is 11.3. The summed E-state index contributed by atoms with van der Waals surface area (Å²) in [5, 5.41) is 2.83. The van der Waals surface area contributed by atoms with Crippen LogP contribution in [-0.2, 0) is 22.7 Å². The molecule has 1 aromatic carbocycles. The van der Waals surface area contributed by atoms with Gasteiger partial charge in [-0.1, -0.05) is 36.4 Å². The van der Waals surface area contributed by atoms with Gasteiger partial charge in [0.05, 0.1) is 12.2 Å². The molecule has 0 fully saturated rings. The summed E-state index contributed by atoms with van der Waals surface area (Å²) in [6, 6.07) is 15.3. The lowest BCUT2D eigenvalue weighted by Crippen LogP contribution is -2.51. The second-order valence-corrected chi connectivity index (χ2v) is 7.14. The molecule has 0 aliphatic rings.